The van der Waals surface area contributed by atoms with Crippen molar-refractivity contribution >= 4 is 6.16 Å². The number of aliphatic hydroxyl groups is 1. The average molecular weight is 146 g/mol. The van der Waals surface area contributed by atoms with Crippen LogP contribution in [0.15, 0.2) is 0 Å². The van der Waals surface area contributed by atoms with Gasteiger partial charge in [0, 0.05) is 0 Å². The molecular weight excluding hydrogens is 136 g/mol. The minimum absolute atomic E-state index is 0.429. The third kappa shape index (κ3) is 2.68. The van der Waals surface area contributed by atoms with Crippen LogP contribution >= 0.6 is 0 Å². The lowest BCUT2D eigenvalue weighted by Crippen LogP contribution is -2.09. The Hall–Kier alpha value is -0.770. The molecule has 0 bridgehead atoms. The van der Waals surface area contributed by atoms with Gasteiger partial charge in [-0.15, -0.1) is 0 Å². The number of carbonyl (C=O) groups excluding carboxylic acids is 1. The monoisotopic (exact) mass is 146 g/mol. The van der Waals surface area contributed by atoms with E-state index in [1.807, 2.05) is 0 Å². The van der Waals surface area contributed by atoms with Gasteiger partial charge in [-0.2, -0.15) is 0 Å². The molecule has 1 fully saturated rings. The van der Waals surface area contributed by atoms with Crippen LogP contribution in [-0.2, 0) is 9.47 Å². The summed E-state index contributed by atoms with van der Waals surface area (Å²) in [7, 11) is 0. The molecule has 0 unspecified atom stereocenters. The Morgan fingerprint density at radius 2 is 2.20 bits per heavy atom. The van der Waals surface area contributed by atoms with E-state index in [-0.39, 0.29) is 0 Å². The molecule has 0 aliphatic heterocycles. The molecule has 0 radical (unpaired) electrons. The fourth-order valence-electron chi connectivity index (χ4n) is 0.565. The van der Waals surface area contributed by atoms with Crippen molar-refractivity contribution in [2.24, 2.45) is 5.92 Å². The Bertz CT molecular complexity index is 119. The minimum Gasteiger partial charge on any atom is -0.434 e. The van der Waals surface area contributed by atoms with Gasteiger partial charge in [0.2, 0.25) is 0 Å². The first kappa shape index (κ1) is 7.34. The van der Waals surface area contributed by atoms with Crippen LogP contribution in [0.25, 0.3) is 0 Å². The van der Waals surface area contributed by atoms with Crippen molar-refractivity contribution in [2.75, 3.05) is 13.4 Å². The Labute approximate surface area is 58.7 Å². The summed E-state index contributed by atoms with van der Waals surface area (Å²) in [5.41, 5.74) is 0. The molecule has 1 aliphatic rings. The summed E-state index contributed by atoms with van der Waals surface area (Å²) >= 11 is 0. The van der Waals surface area contributed by atoms with E-state index in [2.05, 4.69) is 9.47 Å². The van der Waals surface area contributed by atoms with Crippen LogP contribution in [0.4, 0.5) is 4.79 Å². The van der Waals surface area contributed by atoms with Gasteiger partial charge in [-0.05, 0) is 18.8 Å². The van der Waals surface area contributed by atoms with E-state index in [9.17, 15) is 4.79 Å². The van der Waals surface area contributed by atoms with Crippen LogP contribution in [0, 0.1) is 5.92 Å². The van der Waals surface area contributed by atoms with Crippen molar-refractivity contribution < 1.29 is 19.4 Å². The van der Waals surface area contributed by atoms with Crippen LogP contribution in [0.2, 0.25) is 0 Å². The van der Waals surface area contributed by atoms with Gasteiger partial charge in [-0.3, -0.25) is 0 Å². The molecule has 4 nitrogen and oxygen atoms in total. The van der Waals surface area contributed by atoms with Crippen LogP contribution < -0.4 is 0 Å². The van der Waals surface area contributed by atoms with Crippen LogP contribution in [0.3, 0.4) is 0 Å². The maximum absolute atomic E-state index is 10.4. The van der Waals surface area contributed by atoms with Crippen molar-refractivity contribution in [1.29, 1.82) is 0 Å². The van der Waals surface area contributed by atoms with Crippen LogP contribution in [0.1, 0.15) is 12.8 Å². The van der Waals surface area contributed by atoms with Gasteiger partial charge >= 0.3 is 6.16 Å². The number of hydrogen-bond acceptors (Lipinski definition) is 4. The highest BCUT2D eigenvalue weighted by molar-refractivity contribution is 5.59. The average Bonchev–Trinajstić information content (AvgIpc) is 2.67. The second-order valence-electron chi connectivity index (χ2n) is 2.28. The first-order valence-corrected chi connectivity index (χ1v) is 3.23. The van der Waals surface area contributed by atoms with Gasteiger partial charge in [0.25, 0.3) is 0 Å². The third-order valence-electron chi connectivity index (χ3n) is 1.32. The smallest absolute Gasteiger partial charge is 0.434 e. The normalized spacial score (nSPS) is 16.5. The van der Waals surface area contributed by atoms with E-state index >= 15 is 0 Å². The highest BCUT2D eigenvalue weighted by atomic mass is 16.8. The number of carbonyl (C=O) groups is 1. The van der Waals surface area contributed by atoms with Crippen molar-refractivity contribution in [1.82, 2.24) is 0 Å². The molecule has 0 aromatic heterocycles. The van der Waals surface area contributed by atoms with Gasteiger partial charge in [-0.1, -0.05) is 0 Å². The fraction of sp³-hybridized carbons (Fsp3) is 0.833. The molecule has 58 valence electrons. The molecule has 4 heteroatoms. The van der Waals surface area contributed by atoms with Crippen LogP contribution in [0.5, 0.6) is 0 Å². The zero-order valence-corrected chi connectivity index (χ0v) is 5.58. The van der Waals surface area contributed by atoms with Gasteiger partial charge < -0.3 is 14.6 Å². The predicted octanol–water partition coefficient (Wildman–Crippen LogP) is 0.499. The molecule has 0 spiro atoms. The van der Waals surface area contributed by atoms with E-state index in [1.165, 1.54) is 0 Å². The van der Waals surface area contributed by atoms with Crippen molar-refractivity contribution in [3.63, 3.8) is 0 Å². The quantitative estimate of drug-likeness (QED) is 0.465. The van der Waals surface area contributed by atoms with E-state index in [1.54, 1.807) is 0 Å². The maximum Gasteiger partial charge on any atom is 0.510 e. The lowest BCUT2D eigenvalue weighted by atomic mass is 10.5. The Balaban J connectivity index is 1.94. The molecule has 0 aromatic rings. The molecule has 1 aliphatic carbocycles. The summed E-state index contributed by atoms with van der Waals surface area (Å²) < 4.78 is 8.70. The van der Waals surface area contributed by atoms with Crippen molar-refractivity contribution in [3.8, 4) is 0 Å². The molecule has 10 heavy (non-hydrogen) atoms. The Morgan fingerprint density at radius 1 is 1.50 bits per heavy atom. The summed E-state index contributed by atoms with van der Waals surface area (Å²) in [5, 5.41) is 8.09. The lowest BCUT2D eigenvalue weighted by Gasteiger charge is -2.00. The first-order valence-electron chi connectivity index (χ1n) is 3.23. The van der Waals surface area contributed by atoms with Gasteiger partial charge in [-0.25, -0.2) is 4.79 Å². The summed E-state index contributed by atoms with van der Waals surface area (Å²) in [6.07, 6.45) is 1.48. The number of aliphatic hydroxyl groups excluding tert-OH is 1. The molecule has 0 aromatic carbocycles. The second-order valence-corrected chi connectivity index (χ2v) is 2.28. The van der Waals surface area contributed by atoms with E-state index in [0.717, 1.165) is 12.8 Å². The summed E-state index contributed by atoms with van der Waals surface area (Å²) in [4.78, 5) is 10.4. The van der Waals surface area contributed by atoms with Crippen molar-refractivity contribution in [2.45, 2.75) is 12.8 Å². The zero-order chi connectivity index (χ0) is 7.40. The number of rotatable bonds is 3. The highest BCUT2D eigenvalue weighted by Gasteiger charge is 2.23. The minimum atomic E-state index is -0.783. The molecule has 0 amide bonds. The van der Waals surface area contributed by atoms with Gasteiger partial charge in [0.05, 0.1) is 6.61 Å². The number of hydrogen-bond donors (Lipinski definition) is 1. The van der Waals surface area contributed by atoms with E-state index < -0.39 is 12.9 Å². The molecule has 1 rings (SSSR count). The molecule has 1 saturated carbocycles. The standard InChI is InChI=1S/C6H10O4/c7-4-10-6(8)9-3-5-1-2-5/h5,7H,1-4H2. The van der Waals surface area contributed by atoms with Crippen LogP contribution in [-0.4, -0.2) is 24.7 Å². The largest absolute Gasteiger partial charge is 0.510 e. The molecule has 0 heterocycles. The lowest BCUT2D eigenvalue weighted by molar-refractivity contribution is -0.00718. The van der Waals surface area contributed by atoms with Gasteiger partial charge in [0.1, 0.15) is 0 Å². The highest BCUT2D eigenvalue weighted by Crippen LogP contribution is 2.28. The maximum atomic E-state index is 10.4. The Morgan fingerprint density at radius 3 is 2.70 bits per heavy atom. The summed E-state index contributed by atoms with van der Waals surface area (Å²) in [6, 6.07) is 0. The van der Waals surface area contributed by atoms with Crippen molar-refractivity contribution in [3.05, 3.63) is 0 Å². The van der Waals surface area contributed by atoms with E-state index in [4.69, 9.17) is 5.11 Å². The molecule has 0 atom stereocenters. The predicted molar refractivity (Wildman–Crippen MR) is 32.2 cm³/mol. The van der Waals surface area contributed by atoms with E-state index in [0.29, 0.717) is 12.5 Å². The molecule has 1 N–H and O–H groups in total. The van der Waals surface area contributed by atoms with Gasteiger partial charge in [0.15, 0.2) is 6.79 Å². The summed E-state index contributed by atoms with van der Waals surface area (Å²) in [5.74, 6) is 0.534. The number of ether oxygens (including phenoxy) is 2. The summed E-state index contributed by atoms with van der Waals surface area (Å²) in [6.45, 7) is -0.178. The third-order valence-corrected chi connectivity index (χ3v) is 1.32. The topological polar surface area (TPSA) is 55.8 Å². The SMILES string of the molecule is O=C(OCO)OCC1CC1. The Kier molecular flexibility index (Phi) is 2.50. The fourth-order valence-corrected chi connectivity index (χ4v) is 0.565. The molecule has 0 saturated heterocycles. The molecular formula is C6H10O4. The first-order chi connectivity index (χ1) is 4.83. The second kappa shape index (κ2) is 3.41. The zero-order valence-electron chi connectivity index (χ0n) is 5.58.